The van der Waals surface area contributed by atoms with Crippen LogP contribution in [0, 0.1) is 0 Å². The number of amides is 1. The zero-order chi connectivity index (χ0) is 15.1. The SMILES string of the molecule is COC(=O)c1c(N)cccc1OCCCC(=O)N(C)C. The lowest BCUT2D eigenvalue weighted by atomic mass is 10.1. The van der Waals surface area contributed by atoms with Gasteiger partial charge in [-0.1, -0.05) is 6.07 Å². The van der Waals surface area contributed by atoms with Crippen molar-refractivity contribution in [2.75, 3.05) is 33.5 Å². The van der Waals surface area contributed by atoms with Crippen molar-refractivity contribution < 1.29 is 19.1 Å². The number of nitrogens with zero attached hydrogens (tertiary/aromatic N) is 1. The molecule has 2 N–H and O–H groups in total. The number of hydrogen-bond donors (Lipinski definition) is 1. The van der Waals surface area contributed by atoms with Crippen LogP contribution in [0.4, 0.5) is 5.69 Å². The molecule has 1 rings (SSSR count). The maximum absolute atomic E-state index is 11.6. The van der Waals surface area contributed by atoms with Crippen LogP contribution in [0.25, 0.3) is 0 Å². The molecule has 0 radical (unpaired) electrons. The van der Waals surface area contributed by atoms with E-state index >= 15 is 0 Å². The van der Waals surface area contributed by atoms with Gasteiger partial charge in [0.2, 0.25) is 5.91 Å². The summed E-state index contributed by atoms with van der Waals surface area (Å²) in [6, 6.07) is 4.95. The topological polar surface area (TPSA) is 81.9 Å². The van der Waals surface area contributed by atoms with Crippen LogP contribution >= 0.6 is 0 Å². The first-order chi connectivity index (χ1) is 9.47. The van der Waals surface area contributed by atoms with Crippen LogP contribution in [-0.4, -0.2) is 44.6 Å². The highest BCUT2D eigenvalue weighted by Crippen LogP contribution is 2.25. The lowest BCUT2D eigenvalue weighted by molar-refractivity contribution is -0.128. The van der Waals surface area contributed by atoms with Crippen molar-refractivity contribution in [1.82, 2.24) is 4.90 Å². The first-order valence-corrected chi connectivity index (χ1v) is 6.27. The average Bonchev–Trinajstić information content (AvgIpc) is 2.42. The first-order valence-electron chi connectivity index (χ1n) is 6.27. The number of benzene rings is 1. The molecule has 0 fully saturated rings. The van der Waals surface area contributed by atoms with Crippen LogP contribution in [0.15, 0.2) is 18.2 Å². The van der Waals surface area contributed by atoms with Gasteiger partial charge in [-0.05, 0) is 18.6 Å². The molecule has 1 amide bonds. The maximum Gasteiger partial charge on any atom is 0.343 e. The Hall–Kier alpha value is -2.24. The van der Waals surface area contributed by atoms with E-state index in [9.17, 15) is 9.59 Å². The minimum Gasteiger partial charge on any atom is -0.493 e. The molecule has 0 spiro atoms. The Labute approximate surface area is 118 Å². The summed E-state index contributed by atoms with van der Waals surface area (Å²) in [5, 5.41) is 0. The van der Waals surface area contributed by atoms with Crippen LogP contribution in [0.3, 0.4) is 0 Å². The summed E-state index contributed by atoms with van der Waals surface area (Å²) in [6.07, 6.45) is 0.954. The number of esters is 1. The van der Waals surface area contributed by atoms with E-state index in [0.717, 1.165) is 0 Å². The molecule has 0 aromatic heterocycles. The van der Waals surface area contributed by atoms with E-state index in [1.807, 2.05) is 0 Å². The molecule has 0 heterocycles. The fourth-order valence-electron chi connectivity index (χ4n) is 1.62. The maximum atomic E-state index is 11.6. The van der Waals surface area contributed by atoms with Crippen LogP contribution in [0.1, 0.15) is 23.2 Å². The van der Waals surface area contributed by atoms with Crippen molar-refractivity contribution in [3.8, 4) is 5.75 Å². The van der Waals surface area contributed by atoms with Gasteiger partial charge >= 0.3 is 5.97 Å². The number of hydrogen-bond acceptors (Lipinski definition) is 5. The van der Waals surface area contributed by atoms with Gasteiger partial charge in [0.25, 0.3) is 0 Å². The number of rotatable bonds is 6. The quantitative estimate of drug-likeness (QED) is 0.482. The standard InChI is InChI=1S/C14H20N2O4/c1-16(2)12(17)8-5-9-20-11-7-4-6-10(15)13(11)14(18)19-3/h4,6-7H,5,8-9,15H2,1-3H3. The molecule has 1 aromatic rings. The number of nitrogen functional groups attached to an aromatic ring is 1. The van der Waals surface area contributed by atoms with Crippen molar-refractivity contribution in [3.05, 3.63) is 23.8 Å². The molecule has 0 bridgehead atoms. The largest absolute Gasteiger partial charge is 0.493 e. The van der Waals surface area contributed by atoms with Gasteiger partial charge in [0.05, 0.1) is 13.7 Å². The van der Waals surface area contributed by atoms with Gasteiger partial charge in [-0.15, -0.1) is 0 Å². The second-order valence-electron chi connectivity index (χ2n) is 4.45. The summed E-state index contributed by atoms with van der Waals surface area (Å²) in [5.41, 5.74) is 6.27. The van der Waals surface area contributed by atoms with Gasteiger partial charge in [-0.25, -0.2) is 4.79 Å². The van der Waals surface area contributed by atoms with Crippen LogP contribution in [-0.2, 0) is 9.53 Å². The Balaban J connectivity index is 2.62. The second kappa shape index (κ2) is 7.37. The highest BCUT2D eigenvalue weighted by Gasteiger charge is 2.16. The van der Waals surface area contributed by atoms with Crippen LogP contribution < -0.4 is 10.5 Å². The van der Waals surface area contributed by atoms with E-state index in [1.54, 1.807) is 32.3 Å². The number of ether oxygens (including phenoxy) is 2. The molecule has 0 saturated heterocycles. The minimum absolute atomic E-state index is 0.0365. The van der Waals surface area contributed by atoms with E-state index in [2.05, 4.69) is 4.74 Å². The lowest BCUT2D eigenvalue weighted by Crippen LogP contribution is -2.21. The van der Waals surface area contributed by atoms with Crippen LogP contribution in [0.5, 0.6) is 5.75 Å². The number of nitrogens with two attached hydrogens (primary N) is 1. The first kappa shape index (κ1) is 15.8. The summed E-state index contributed by atoms with van der Waals surface area (Å²) in [5.74, 6) is -0.133. The third-order valence-corrected chi connectivity index (χ3v) is 2.74. The Bertz CT molecular complexity index is 486. The molecule has 6 heteroatoms. The summed E-state index contributed by atoms with van der Waals surface area (Å²) < 4.78 is 10.2. The number of anilines is 1. The number of carbonyl (C=O) groups is 2. The van der Waals surface area contributed by atoms with Crippen molar-refractivity contribution >= 4 is 17.6 Å². The smallest absolute Gasteiger partial charge is 0.343 e. The summed E-state index contributed by atoms with van der Waals surface area (Å²) >= 11 is 0. The zero-order valence-electron chi connectivity index (χ0n) is 12.0. The van der Waals surface area contributed by atoms with Gasteiger partial charge < -0.3 is 20.1 Å². The van der Waals surface area contributed by atoms with Crippen molar-refractivity contribution in [1.29, 1.82) is 0 Å². The van der Waals surface area contributed by atoms with Gasteiger partial charge in [0.1, 0.15) is 11.3 Å². The molecule has 20 heavy (non-hydrogen) atoms. The Morgan fingerprint density at radius 3 is 2.60 bits per heavy atom. The molecule has 1 aromatic carbocycles. The third kappa shape index (κ3) is 4.15. The number of methoxy groups -OCH3 is 1. The molecule has 6 nitrogen and oxygen atoms in total. The normalized spacial score (nSPS) is 9.95. The molecule has 110 valence electrons. The average molecular weight is 280 g/mol. The van der Waals surface area contributed by atoms with Crippen molar-refractivity contribution in [3.63, 3.8) is 0 Å². The van der Waals surface area contributed by atoms with E-state index in [1.165, 1.54) is 12.0 Å². The minimum atomic E-state index is -0.539. The molecular weight excluding hydrogens is 260 g/mol. The van der Waals surface area contributed by atoms with Gasteiger partial charge in [0, 0.05) is 26.2 Å². The lowest BCUT2D eigenvalue weighted by Gasteiger charge is -2.13. The third-order valence-electron chi connectivity index (χ3n) is 2.74. The van der Waals surface area contributed by atoms with Gasteiger partial charge in [-0.2, -0.15) is 0 Å². The Morgan fingerprint density at radius 2 is 2.00 bits per heavy atom. The molecule has 0 unspecified atom stereocenters. The summed E-state index contributed by atoms with van der Waals surface area (Å²) in [6.45, 7) is 0.326. The Kier molecular flexibility index (Phi) is 5.83. The predicted molar refractivity (Wildman–Crippen MR) is 75.6 cm³/mol. The highest BCUT2D eigenvalue weighted by molar-refractivity contribution is 5.98. The summed E-state index contributed by atoms with van der Waals surface area (Å²) in [7, 11) is 4.70. The zero-order valence-corrected chi connectivity index (χ0v) is 12.0. The molecule has 0 saturated carbocycles. The van der Waals surface area contributed by atoms with Gasteiger partial charge in [-0.3, -0.25) is 4.79 Å². The fourth-order valence-corrected chi connectivity index (χ4v) is 1.62. The van der Waals surface area contributed by atoms with E-state index in [4.69, 9.17) is 10.5 Å². The summed E-state index contributed by atoms with van der Waals surface area (Å²) in [4.78, 5) is 24.6. The van der Waals surface area contributed by atoms with Crippen molar-refractivity contribution in [2.45, 2.75) is 12.8 Å². The van der Waals surface area contributed by atoms with Crippen molar-refractivity contribution in [2.24, 2.45) is 0 Å². The second-order valence-corrected chi connectivity index (χ2v) is 4.45. The molecular formula is C14H20N2O4. The monoisotopic (exact) mass is 280 g/mol. The van der Waals surface area contributed by atoms with E-state index < -0.39 is 5.97 Å². The molecule has 0 aliphatic rings. The molecule has 0 aliphatic carbocycles. The Morgan fingerprint density at radius 1 is 1.30 bits per heavy atom. The van der Waals surface area contributed by atoms with E-state index in [0.29, 0.717) is 30.9 Å². The molecule has 0 atom stereocenters. The van der Waals surface area contributed by atoms with Crippen LogP contribution in [0.2, 0.25) is 0 Å². The van der Waals surface area contributed by atoms with Gasteiger partial charge in [0.15, 0.2) is 0 Å². The molecule has 0 aliphatic heterocycles. The van der Waals surface area contributed by atoms with E-state index in [-0.39, 0.29) is 11.5 Å². The predicted octanol–water partition coefficient (Wildman–Crippen LogP) is 1.30. The fraction of sp³-hybridized carbons (Fsp3) is 0.429. The highest BCUT2D eigenvalue weighted by atomic mass is 16.5. The number of carbonyl (C=O) groups excluding carboxylic acids is 2.